The van der Waals surface area contributed by atoms with Gasteiger partial charge in [-0.2, -0.15) is 0 Å². The molecule has 1 aromatic carbocycles. The molecular weight excluding hydrogens is 290 g/mol. The van der Waals surface area contributed by atoms with E-state index in [9.17, 15) is 0 Å². The third kappa shape index (κ3) is 2.42. The molecule has 2 heterocycles. The van der Waals surface area contributed by atoms with E-state index in [0.717, 1.165) is 27.8 Å². The van der Waals surface area contributed by atoms with Crippen LogP contribution in [0, 0.1) is 0 Å². The zero-order valence-electron chi connectivity index (χ0n) is 11.1. The molecule has 3 nitrogen and oxygen atoms in total. The largest absolute Gasteiger partial charge is 0.497 e. The number of hydrogen-bond donors (Lipinski definition) is 0. The van der Waals surface area contributed by atoms with Gasteiger partial charge in [0.15, 0.2) is 0 Å². The maximum Gasteiger partial charge on any atom is 0.134 e. The minimum absolute atomic E-state index is 0.771. The number of aromatic nitrogens is 1. The number of thiophene rings is 1. The van der Waals surface area contributed by atoms with Crippen LogP contribution in [0.4, 0.5) is 0 Å². The van der Waals surface area contributed by atoms with Gasteiger partial charge in [0.05, 0.1) is 24.8 Å². The third-order valence-corrected chi connectivity index (χ3v) is 4.80. The van der Waals surface area contributed by atoms with Gasteiger partial charge < -0.3 is 9.47 Å². The minimum Gasteiger partial charge on any atom is -0.497 e. The van der Waals surface area contributed by atoms with Crippen molar-refractivity contribution in [2.24, 2.45) is 0 Å². The summed E-state index contributed by atoms with van der Waals surface area (Å²) in [6.07, 6.45) is 0. The van der Waals surface area contributed by atoms with Crippen LogP contribution in [0.2, 0.25) is 0 Å². The Hall–Kier alpha value is -1.85. The first-order chi connectivity index (χ1) is 9.81. The molecule has 0 unspecified atom stereocenters. The van der Waals surface area contributed by atoms with E-state index in [0.29, 0.717) is 0 Å². The van der Waals surface area contributed by atoms with Gasteiger partial charge in [0.2, 0.25) is 0 Å². The molecule has 0 atom stereocenters. The maximum atomic E-state index is 5.43. The van der Waals surface area contributed by atoms with E-state index in [1.165, 1.54) is 4.88 Å². The van der Waals surface area contributed by atoms with E-state index < -0.39 is 0 Å². The predicted molar refractivity (Wildman–Crippen MR) is 84.0 cm³/mol. The van der Waals surface area contributed by atoms with Gasteiger partial charge in [0.25, 0.3) is 0 Å². The summed E-state index contributed by atoms with van der Waals surface area (Å²) in [4.78, 5) is 5.88. The summed E-state index contributed by atoms with van der Waals surface area (Å²) in [6.45, 7) is 0. The van der Waals surface area contributed by atoms with Gasteiger partial charge in [-0.3, -0.25) is 0 Å². The van der Waals surface area contributed by atoms with Crippen molar-refractivity contribution in [2.75, 3.05) is 14.2 Å². The first kappa shape index (κ1) is 13.1. The van der Waals surface area contributed by atoms with Crippen LogP contribution < -0.4 is 9.47 Å². The second kappa shape index (κ2) is 5.64. The van der Waals surface area contributed by atoms with Gasteiger partial charge in [-0.25, -0.2) is 4.98 Å². The maximum absolute atomic E-state index is 5.43. The highest BCUT2D eigenvalue weighted by atomic mass is 32.1. The number of benzene rings is 1. The lowest BCUT2D eigenvalue weighted by atomic mass is 10.1. The number of rotatable bonds is 4. The van der Waals surface area contributed by atoms with Crippen LogP contribution in [0.15, 0.2) is 41.1 Å². The Labute approximate surface area is 125 Å². The molecule has 0 aliphatic carbocycles. The second-order valence-electron chi connectivity index (χ2n) is 4.08. The van der Waals surface area contributed by atoms with Crippen molar-refractivity contribution in [3.8, 4) is 32.6 Å². The summed E-state index contributed by atoms with van der Waals surface area (Å²) in [6, 6.07) is 9.89. The van der Waals surface area contributed by atoms with Crippen molar-refractivity contribution in [2.45, 2.75) is 0 Å². The lowest BCUT2D eigenvalue weighted by Gasteiger charge is -2.08. The molecule has 0 saturated carbocycles. The molecule has 2 aromatic heterocycles. The van der Waals surface area contributed by atoms with Gasteiger partial charge in [-0.1, -0.05) is 6.07 Å². The number of nitrogens with zero attached hydrogens (tertiary/aromatic N) is 1. The van der Waals surface area contributed by atoms with Crippen molar-refractivity contribution >= 4 is 22.7 Å². The topological polar surface area (TPSA) is 31.4 Å². The van der Waals surface area contributed by atoms with Crippen molar-refractivity contribution in [1.82, 2.24) is 4.98 Å². The van der Waals surface area contributed by atoms with E-state index in [4.69, 9.17) is 14.5 Å². The third-order valence-electron chi connectivity index (χ3n) is 2.92. The highest BCUT2D eigenvalue weighted by Crippen LogP contribution is 2.36. The molecule has 0 radical (unpaired) electrons. The molecular formula is C15H13NO2S2. The normalized spacial score (nSPS) is 10.5. The van der Waals surface area contributed by atoms with Crippen LogP contribution in [0.5, 0.6) is 11.5 Å². The Balaban J connectivity index is 2.01. The van der Waals surface area contributed by atoms with Gasteiger partial charge in [0, 0.05) is 17.0 Å². The lowest BCUT2D eigenvalue weighted by molar-refractivity contribution is 0.395. The van der Waals surface area contributed by atoms with Gasteiger partial charge >= 0.3 is 0 Å². The van der Waals surface area contributed by atoms with Gasteiger partial charge in [-0.05, 0) is 23.6 Å². The van der Waals surface area contributed by atoms with E-state index >= 15 is 0 Å². The molecule has 0 bridgehead atoms. The number of hydrogen-bond acceptors (Lipinski definition) is 5. The van der Waals surface area contributed by atoms with Crippen LogP contribution in [0.1, 0.15) is 0 Å². The van der Waals surface area contributed by atoms with Crippen molar-refractivity contribution < 1.29 is 9.47 Å². The molecule has 0 fully saturated rings. The molecule has 3 rings (SSSR count). The Morgan fingerprint density at radius 2 is 1.95 bits per heavy atom. The lowest BCUT2D eigenvalue weighted by Crippen LogP contribution is -1.90. The van der Waals surface area contributed by atoms with Crippen LogP contribution >= 0.6 is 22.7 Å². The van der Waals surface area contributed by atoms with Crippen LogP contribution in [-0.2, 0) is 0 Å². The minimum atomic E-state index is 0.771. The molecule has 0 saturated heterocycles. The first-order valence-electron chi connectivity index (χ1n) is 6.03. The summed E-state index contributed by atoms with van der Waals surface area (Å²) in [5.74, 6) is 1.55. The molecule has 0 N–H and O–H groups in total. The zero-order chi connectivity index (χ0) is 13.9. The molecule has 0 aliphatic heterocycles. The number of methoxy groups -OCH3 is 2. The van der Waals surface area contributed by atoms with E-state index in [2.05, 4.69) is 16.8 Å². The zero-order valence-corrected chi connectivity index (χ0v) is 12.8. The monoisotopic (exact) mass is 303 g/mol. The average Bonchev–Trinajstić information content (AvgIpc) is 3.17. The van der Waals surface area contributed by atoms with E-state index in [1.807, 2.05) is 24.3 Å². The first-order valence-corrected chi connectivity index (χ1v) is 7.79. The SMILES string of the molecule is COc1ccc(-c2csc(-c3cccs3)n2)c(OC)c1. The van der Waals surface area contributed by atoms with E-state index in [1.54, 1.807) is 36.9 Å². The number of ether oxygens (including phenoxy) is 2. The summed E-state index contributed by atoms with van der Waals surface area (Å²) in [5.41, 5.74) is 1.91. The predicted octanol–water partition coefficient (Wildman–Crippen LogP) is 4.56. The fourth-order valence-corrected chi connectivity index (χ4v) is 3.56. The molecule has 3 aromatic rings. The summed E-state index contributed by atoms with van der Waals surface area (Å²) in [5, 5.41) is 5.15. The van der Waals surface area contributed by atoms with Gasteiger partial charge in [-0.15, -0.1) is 22.7 Å². The Morgan fingerprint density at radius 1 is 1.05 bits per heavy atom. The smallest absolute Gasteiger partial charge is 0.134 e. The van der Waals surface area contributed by atoms with Crippen LogP contribution in [0.25, 0.3) is 21.1 Å². The Kier molecular flexibility index (Phi) is 3.71. The van der Waals surface area contributed by atoms with E-state index in [-0.39, 0.29) is 0 Å². The summed E-state index contributed by atoms with van der Waals surface area (Å²) >= 11 is 3.34. The highest BCUT2D eigenvalue weighted by molar-refractivity contribution is 7.20. The van der Waals surface area contributed by atoms with Crippen LogP contribution in [-0.4, -0.2) is 19.2 Å². The Bertz CT molecular complexity index is 704. The molecule has 0 spiro atoms. The Morgan fingerprint density at radius 3 is 2.65 bits per heavy atom. The fourth-order valence-electron chi connectivity index (χ4n) is 1.92. The highest BCUT2D eigenvalue weighted by Gasteiger charge is 2.12. The standard InChI is InChI=1S/C15H13NO2S2/c1-17-10-5-6-11(13(8-10)18-2)12-9-20-15(16-12)14-4-3-7-19-14/h3-9H,1-2H3. The van der Waals surface area contributed by atoms with Crippen molar-refractivity contribution in [3.63, 3.8) is 0 Å². The fraction of sp³-hybridized carbons (Fsp3) is 0.133. The average molecular weight is 303 g/mol. The van der Waals surface area contributed by atoms with Gasteiger partial charge in [0.1, 0.15) is 16.5 Å². The molecule has 102 valence electrons. The molecule has 20 heavy (non-hydrogen) atoms. The summed E-state index contributed by atoms with van der Waals surface area (Å²) < 4.78 is 10.6. The second-order valence-corrected chi connectivity index (χ2v) is 5.89. The van der Waals surface area contributed by atoms with Crippen molar-refractivity contribution in [1.29, 1.82) is 0 Å². The molecule has 5 heteroatoms. The molecule has 0 aliphatic rings. The van der Waals surface area contributed by atoms with Crippen LogP contribution in [0.3, 0.4) is 0 Å². The quantitative estimate of drug-likeness (QED) is 0.708. The van der Waals surface area contributed by atoms with Crippen molar-refractivity contribution in [3.05, 3.63) is 41.1 Å². The summed E-state index contributed by atoms with van der Waals surface area (Å²) in [7, 11) is 3.30. The molecule has 0 amide bonds. The number of thiazole rings is 1.